The van der Waals surface area contributed by atoms with Crippen LogP contribution in [0.1, 0.15) is 5.56 Å². The molecule has 25 heavy (non-hydrogen) atoms. The van der Waals surface area contributed by atoms with Gasteiger partial charge in [-0.1, -0.05) is 59.0 Å². The molecule has 0 atom stereocenters. The molecule has 0 aliphatic heterocycles. The number of halogens is 1. The van der Waals surface area contributed by atoms with Crippen molar-refractivity contribution in [3.63, 3.8) is 0 Å². The summed E-state index contributed by atoms with van der Waals surface area (Å²) in [7, 11) is 0. The van der Waals surface area contributed by atoms with Gasteiger partial charge in [-0.2, -0.15) is 0 Å². The van der Waals surface area contributed by atoms with E-state index in [2.05, 4.69) is 20.8 Å². The third kappa shape index (κ3) is 5.19. The molecule has 5 nitrogen and oxygen atoms in total. The van der Waals surface area contributed by atoms with Crippen LogP contribution in [0.3, 0.4) is 0 Å². The van der Waals surface area contributed by atoms with Gasteiger partial charge >= 0.3 is 0 Å². The van der Waals surface area contributed by atoms with Crippen LogP contribution in [-0.4, -0.2) is 21.9 Å². The van der Waals surface area contributed by atoms with Gasteiger partial charge in [-0.15, -0.1) is 10.2 Å². The highest BCUT2D eigenvalue weighted by Crippen LogP contribution is 2.28. The van der Waals surface area contributed by atoms with Gasteiger partial charge < -0.3 is 10.6 Å². The normalized spacial score (nSPS) is 10.5. The van der Waals surface area contributed by atoms with Gasteiger partial charge in [0, 0.05) is 5.69 Å². The van der Waals surface area contributed by atoms with Crippen molar-refractivity contribution in [3.05, 3.63) is 59.1 Å². The Kier molecular flexibility index (Phi) is 5.91. The molecule has 2 N–H and O–H groups in total. The standard InChI is InChI=1S/C17H15ClN4OS2/c1-11-5-4-6-12(9-11)19-16-21-22-17(25-16)24-10-15(23)20-14-8-3-2-7-13(14)18/h2-9H,10H2,1H3,(H,19,21)(H,20,23). The lowest BCUT2D eigenvalue weighted by molar-refractivity contribution is -0.113. The number of thioether (sulfide) groups is 1. The monoisotopic (exact) mass is 390 g/mol. The van der Waals surface area contributed by atoms with Crippen LogP contribution >= 0.6 is 34.7 Å². The summed E-state index contributed by atoms with van der Waals surface area (Å²) < 4.78 is 0.726. The minimum absolute atomic E-state index is 0.138. The lowest BCUT2D eigenvalue weighted by Crippen LogP contribution is -2.14. The zero-order chi connectivity index (χ0) is 17.6. The number of benzene rings is 2. The van der Waals surface area contributed by atoms with Crippen LogP contribution in [-0.2, 0) is 4.79 Å². The number of aromatic nitrogens is 2. The van der Waals surface area contributed by atoms with Gasteiger partial charge in [-0.05, 0) is 36.8 Å². The number of para-hydroxylation sites is 1. The number of anilines is 3. The molecule has 0 bridgehead atoms. The number of carbonyl (C=O) groups excluding carboxylic acids is 1. The molecular formula is C17H15ClN4OS2. The minimum atomic E-state index is -0.138. The summed E-state index contributed by atoms with van der Waals surface area (Å²) >= 11 is 8.77. The molecule has 0 radical (unpaired) electrons. The van der Waals surface area contributed by atoms with E-state index >= 15 is 0 Å². The fraction of sp³-hybridized carbons (Fsp3) is 0.118. The maximum Gasteiger partial charge on any atom is 0.234 e. The smallest absolute Gasteiger partial charge is 0.234 e. The zero-order valence-corrected chi connectivity index (χ0v) is 15.7. The van der Waals surface area contributed by atoms with Gasteiger partial charge in [0.05, 0.1) is 16.5 Å². The van der Waals surface area contributed by atoms with E-state index in [-0.39, 0.29) is 11.7 Å². The molecule has 3 aromatic rings. The summed E-state index contributed by atoms with van der Waals surface area (Å²) in [6.07, 6.45) is 0. The number of amides is 1. The van der Waals surface area contributed by atoms with Gasteiger partial charge in [0.15, 0.2) is 4.34 Å². The van der Waals surface area contributed by atoms with Crippen LogP contribution in [0.5, 0.6) is 0 Å². The molecule has 0 saturated carbocycles. The third-order valence-corrected chi connectivity index (χ3v) is 5.45. The highest BCUT2D eigenvalue weighted by atomic mass is 35.5. The SMILES string of the molecule is Cc1cccc(Nc2nnc(SCC(=O)Nc3ccccc3Cl)s2)c1. The van der Waals surface area contributed by atoms with Crippen LogP contribution in [0.15, 0.2) is 52.9 Å². The Morgan fingerprint density at radius 3 is 2.84 bits per heavy atom. The van der Waals surface area contributed by atoms with Gasteiger partial charge in [0.25, 0.3) is 0 Å². The minimum Gasteiger partial charge on any atom is -0.330 e. The molecule has 3 rings (SSSR count). The summed E-state index contributed by atoms with van der Waals surface area (Å²) in [6.45, 7) is 2.03. The van der Waals surface area contributed by atoms with E-state index in [4.69, 9.17) is 11.6 Å². The molecule has 0 spiro atoms. The van der Waals surface area contributed by atoms with E-state index < -0.39 is 0 Å². The molecular weight excluding hydrogens is 376 g/mol. The van der Waals surface area contributed by atoms with E-state index in [0.717, 1.165) is 10.0 Å². The van der Waals surface area contributed by atoms with E-state index in [1.54, 1.807) is 12.1 Å². The van der Waals surface area contributed by atoms with Crippen molar-refractivity contribution in [2.24, 2.45) is 0 Å². The van der Waals surface area contributed by atoms with Crippen LogP contribution in [0.2, 0.25) is 5.02 Å². The first-order valence-corrected chi connectivity index (χ1v) is 9.62. The van der Waals surface area contributed by atoms with Crippen molar-refractivity contribution < 1.29 is 4.79 Å². The van der Waals surface area contributed by atoms with Crippen molar-refractivity contribution in [1.82, 2.24) is 10.2 Å². The fourth-order valence-electron chi connectivity index (χ4n) is 2.04. The highest BCUT2D eigenvalue weighted by molar-refractivity contribution is 8.01. The van der Waals surface area contributed by atoms with Gasteiger partial charge in [0.2, 0.25) is 11.0 Å². The summed E-state index contributed by atoms with van der Waals surface area (Å²) in [5.41, 5.74) is 2.73. The second-order valence-corrected chi connectivity index (χ2v) is 7.79. The van der Waals surface area contributed by atoms with Crippen LogP contribution in [0.4, 0.5) is 16.5 Å². The average molecular weight is 391 g/mol. The van der Waals surface area contributed by atoms with Gasteiger partial charge in [-0.3, -0.25) is 4.79 Å². The summed E-state index contributed by atoms with van der Waals surface area (Å²) in [6, 6.07) is 15.2. The molecule has 128 valence electrons. The first-order valence-electron chi connectivity index (χ1n) is 7.44. The maximum atomic E-state index is 12.0. The molecule has 2 aromatic carbocycles. The number of aryl methyl sites for hydroxylation is 1. The Labute approximate surface area is 158 Å². The summed E-state index contributed by atoms with van der Waals surface area (Å²) in [4.78, 5) is 12.0. The highest BCUT2D eigenvalue weighted by Gasteiger charge is 2.10. The second kappa shape index (κ2) is 8.33. The number of nitrogens with one attached hydrogen (secondary N) is 2. The Morgan fingerprint density at radius 2 is 2.04 bits per heavy atom. The largest absolute Gasteiger partial charge is 0.330 e. The summed E-state index contributed by atoms with van der Waals surface area (Å²) in [5, 5.41) is 15.4. The third-order valence-electron chi connectivity index (χ3n) is 3.15. The molecule has 0 fully saturated rings. The maximum absolute atomic E-state index is 12.0. The molecule has 0 saturated heterocycles. The molecule has 0 unspecified atom stereocenters. The van der Waals surface area contributed by atoms with E-state index in [1.165, 1.54) is 28.7 Å². The Balaban J connectivity index is 1.53. The molecule has 0 aliphatic carbocycles. The van der Waals surface area contributed by atoms with Gasteiger partial charge in [-0.25, -0.2) is 0 Å². The van der Waals surface area contributed by atoms with E-state index in [1.807, 2.05) is 43.3 Å². The van der Waals surface area contributed by atoms with E-state index in [0.29, 0.717) is 15.8 Å². The predicted molar refractivity (Wildman–Crippen MR) is 105 cm³/mol. The van der Waals surface area contributed by atoms with Crippen molar-refractivity contribution in [2.75, 3.05) is 16.4 Å². The summed E-state index contributed by atoms with van der Waals surface area (Å²) in [5.74, 6) is 0.103. The number of nitrogens with zero attached hydrogens (tertiary/aromatic N) is 2. The van der Waals surface area contributed by atoms with Crippen molar-refractivity contribution in [3.8, 4) is 0 Å². The van der Waals surface area contributed by atoms with E-state index in [9.17, 15) is 4.79 Å². The topological polar surface area (TPSA) is 66.9 Å². The van der Waals surface area contributed by atoms with Crippen molar-refractivity contribution >= 4 is 57.1 Å². The van der Waals surface area contributed by atoms with Crippen LogP contribution in [0.25, 0.3) is 0 Å². The van der Waals surface area contributed by atoms with Crippen LogP contribution < -0.4 is 10.6 Å². The van der Waals surface area contributed by atoms with Crippen molar-refractivity contribution in [1.29, 1.82) is 0 Å². The number of hydrogen-bond acceptors (Lipinski definition) is 6. The Morgan fingerprint density at radius 1 is 1.20 bits per heavy atom. The first-order chi connectivity index (χ1) is 12.1. The number of carbonyl (C=O) groups is 1. The molecule has 1 heterocycles. The fourth-order valence-corrected chi connectivity index (χ4v) is 3.80. The molecule has 1 aromatic heterocycles. The zero-order valence-electron chi connectivity index (χ0n) is 13.3. The first kappa shape index (κ1) is 17.7. The van der Waals surface area contributed by atoms with Gasteiger partial charge in [0.1, 0.15) is 0 Å². The quantitative estimate of drug-likeness (QED) is 0.581. The van der Waals surface area contributed by atoms with Crippen LogP contribution in [0, 0.1) is 6.92 Å². The van der Waals surface area contributed by atoms with Crippen molar-refractivity contribution in [2.45, 2.75) is 11.3 Å². The predicted octanol–water partition coefficient (Wildman–Crippen LogP) is 4.97. The average Bonchev–Trinajstić information content (AvgIpc) is 3.03. The second-order valence-electron chi connectivity index (χ2n) is 5.18. The lowest BCUT2D eigenvalue weighted by Gasteiger charge is -2.05. The lowest BCUT2D eigenvalue weighted by atomic mass is 10.2. The molecule has 1 amide bonds. The Bertz CT molecular complexity index is 884. The molecule has 0 aliphatic rings. The molecule has 8 heteroatoms. The Hall–Kier alpha value is -2.09. The number of rotatable bonds is 6. The number of hydrogen-bond donors (Lipinski definition) is 2.